The zero-order valence-electron chi connectivity index (χ0n) is 6.74. The van der Waals surface area contributed by atoms with Crippen LogP contribution in [-0.4, -0.2) is 27.3 Å². The molecule has 66 valence electrons. The van der Waals surface area contributed by atoms with Crippen molar-refractivity contribution in [2.24, 2.45) is 7.05 Å². The van der Waals surface area contributed by atoms with Gasteiger partial charge < -0.3 is 4.74 Å². The maximum Gasteiger partial charge on any atom is 0.378 e. The Kier molecular flexibility index (Phi) is 2.80. The Morgan fingerprint density at radius 1 is 1.75 bits per heavy atom. The van der Waals surface area contributed by atoms with Crippen molar-refractivity contribution < 1.29 is 9.53 Å². The van der Waals surface area contributed by atoms with E-state index in [1.807, 2.05) is 0 Å². The highest BCUT2D eigenvalue weighted by molar-refractivity contribution is 9.10. The maximum atomic E-state index is 11.0. The molecule has 0 aliphatic carbocycles. The van der Waals surface area contributed by atoms with E-state index in [9.17, 15) is 4.79 Å². The first kappa shape index (κ1) is 9.18. The monoisotopic (exact) mass is 233 g/mol. The van der Waals surface area contributed by atoms with Gasteiger partial charge in [-0.1, -0.05) is 0 Å². The molecule has 0 spiro atoms. The molecule has 0 unspecified atom stereocenters. The van der Waals surface area contributed by atoms with Crippen LogP contribution in [0.2, 0.25) is 0 Å². The van der Waals surface area contributed by atoms with Crippen LogP contribution in [0.25, 0.3) is 0 Å². The third-order valence-corrected chi connectivity index (χ3v) is 1.86. The van der Waals surface area contributed by atoms with Gasteiger partial charge in [-0.05, 0) is 22.9 Å². The first-order valence-electron chi connectivity index (χ1n) is 3.38. The fourth-order valence-corrected chi connectivity index (χ4v) is 0.895. The fourth-order valence-electron chi connectivity index (χ4n) is 0.648. The summed E-state index contributed by atoms with van der Waals surface area (Å²) in [6, 6.07) is 0. The van der Waals surface area contributed by atoms with Crippen molar-refractivity contribution in [2.75, 3.05) is 6.61 Å². The van der Waals surface area contributed by atoms with Gasteiger partial charge >= 0.3 is 5.97 Å². The van der Waals surface area contributed by atoms with Gasteiger partial charge in [0.1, 0.15) is 0 Å². The van der Waals surface area contributed by atoms with E-state index >= 15 is 0 Å². The van der Waals surface area contributed by atoms with E-state index in [1.54, 1.807) is 14.0 Å². The zero-order chi connectivity index (χ0) is 9.14. The second kappa shape index (κ2) is 3.66. The molecule has 6 heteroatoms. The summed E-state index contributed by atoms with van der Waals surface area (Å²) >= 11 is 3.12. The first-order chi connectivity index (χ1) is 5.65. The average Bonchev–Trinajstić information content (AvgIpc) is 2.33. The van der Waals surface area contributed by atoms with Crippen molar-refractivity contribution in [2.45, 2.75) is 6.92 Å². The number of hydrogen-bond acceptors (Lipinski definition) is 4. The molecule has 0 aliphatic heterocycles. The number of rotatable bonds is 2. The number of nitrogens with zero attached hydrogens (tertiary/aromatic N) is 3. The molecular formula is C6H8BrN3O2. The summed E-state index contributed by atoms with van der Waals surface area (Å²) < 4.78 is 6.65. The third-order valence-electron chi connectivity index (χ3n) is 1.17. The predicted octanol–water partition coefficient (Wildman–Crippen LogP) is 0.754. The van der Waals surface area contributed by atoms with Gasteiger partial charge in [-0.15, -0.1) is 5.10 Å². The minimum absolute atomic E-state index is 0.0752. The minimum Gasteiger partial charge on any atom is -0.460 e. The molecule has 0 aromatic carbocycles. The molecule has 0 aliphatic rings. The van der Waals surface area contributed by atoms with Crippen LogP contribution in [0.15, 0.2) is 4.73 Å². The second-order valence-electron chi connectivity index (χ2n) is 2.05. The van der Waals surface area contributed by atoms with Crippen LogP contribution in [0.4, 0.5) is 0 Å². The van der Waals surface area contributed by atoms with Crippen molar-refractivity contribution in [1.82, 2.24) is 14.8 Å². The summed E-state index contributed by atoms with van der Waals surface area (Å²) in [5.74, 6) is -0.426. The molecule has 1 rings (SSSR count). The maximum absolute atomic E-state index is 11.0. The van der Waals surface area contributed by atoms with Crippen LogP contribution >= 0.6 is 15.9 Å². The summed E-state index contributed by atoms with van der Waals surface area (Å²) in [4.78, 5) is 14.9. The Labute approximate surface area is 77.9 Å². The number of ether oxygens (including phenoxy) is 1. The lowest BCUT2D eigenvalue weighted by Gasteiger charge is -1.94. The average molecular weight is 234 g/mol. The van der Waals surface area contributed by atoms with Crippen LogP contribution < -0.4 is 0 Å². The molecule has 5 nitrogen and oxygen atoms in total. The molecule has 1 aromatic rings. The number of esters is 1. The van der Waals surface area contributed by atoms with Crippen molar-refractivity contribution in [1.29, 1.82) is 0 Å². The Balaban J connectivity index is 2.82. The summed E-state index contributed by atoms with van der Waals surface area (Å²) in [6.07, 6.45) is 0. The van der Waals surface area contributed by atoms with Gasteiger partial charge in [-0.2, -0.15) is 4.98 Å². The van der Waals surface area contributed by atoms with Gasteiger partial charge in [0, 0.05) is 7.05 Å². The Morgan fingerprint density at radius 2 is 2.42 bits per heavy atom. The highest BCUT2D eigenvalue weighted by atomic mass is 79.9. The molecule has 0 saturated carbocycles. The Bertz CT molecular complexity index is 277. The highest BCUT2D eigenvalue weighted by Crippen LogP contribution is 2.05. The molecule has 1 aromatic heterocycles. The molecule has 0 bridgehead atoms. The second-order valence-corrected chi connectivity index (χ2v) is 2.76. The van der Waals surface area contributed by atoms with E-state index < -0.39 is 5.97 Å². The van der Waals surface area contributed by atoms with E-state index in [0.717, 1.165) is 0 Å². The van der Waals surface area contributed by atoms with Crippen LogP contribution in [0.1, 0.15) is 17.5 Å². The van der Waals surface area contributed by atoms with Crippen molar-refractivity contribution in [3.63, 3.8) is 0 Å². The van der Waals surface area contributed by atoms with Crippen molar-refractivity contribution in [3.8, 4) is 0 Å². The first-order valence-corrected chi connectivity index (χ1v) is 4.18. The Hall–Kier alpha value is -0.910. The Morgan fingerprint density at radius 3 is 2.83 bits per heavy atom. The van der Waals surface area contributed by atoms with Gasteiger partial charge in [0.05, 0.1) is 6.61 Å². The van der Waals surface area contributed by atoms with Crippen LogP contribution in [0.3, 0.4) is 0 Å². The van der Waals surface area contributed by atoms with Crippen molar-refractivity contribution in [3.05, 3.63) is 10.6 Å². The quantitative estimate of drug-likeness (QED) is 0.708. The predicted molar refractivity (Wildman–Crippen MR) is 44.7 cm³/mol. The lowest BCUT2D eigenvalue weighted by Crippen LogP contribution is -2.07. The molecular weight excluding hydrogens is 226 g/mol. The summed E-state index contributed by atoms with van der Waals surface area (Å²) in [5, 5.41) is 3.81. The van der Waals surface area contributed by atoms with Gasteiger partial charge in [0.2, 0.25) is 0 Å². The van der Waals surface area contributed by atoms with E-state index in [0.29, 0.717) is 11.3 Å². The fraction of sp³-hybridized carbons (Fsp3) is 0.500. The number of hydrogen-bond donors (Lipinski definition) is 0. The highest BCUT2D eigenvalue weighted by Gasteiger charge is 2.13. The molecule has 0 saturated heterocycles. The van der Waals surface area contributed by atoms with Gasteiger partial charge in [-0.3, -0.25) is 0 Å². The van der Waals surface area contributed by atoms with E-state index in [4.69, 9.17) is 4.74 Å². The minimum atomic E-state index is -0.501. The van der Waals surface area contributed by atoms with Crippen LogP contribution in [0, 0.1) is 0 Å². The molecule has 0 N–H and O–H groups in total. The molecule has 0 fully saturated rings. The van der Waals surface area contributed by atoms with E-state index in [-0.39, 0.29) is 5.82 Å². The zero-order valence-corrected chi connectivity index (χ0v) is 8.33. The van der Waals surface area contributed by atoms with Gasteiger partial charge in [-0.25, -0.2) is 9.48 Å². The topological polar surface area (TPSA) is 57.0 Å². The number of aromatic nitrogens is 3. The normalized spacial score (nSPS) is 9.92. The van der Waals surface area contributed by atoms with Crippen LogP contribution in [0.5, 0.6) is 0 Å². The van der Waals surface area contributed by atoms with Gasteiger partial charge in [0.25, 0.3) is 5.82 Å². The summed E-state index contributed by atoms with van der Waals surface area (Å²) in [6.45, 7) is 2.06. The number of carbonyl (C=O) groups excluding carboxylic acids is 1. The smallest absolute Gasteiger partial charge is 0.378 e. The molecule has 0 radical (unpaired) electrons. The largest absolute Gasteiger partial charge is 0.460 e. The standard InChI is InChI=1S/C6H8BrN3O2/c1-3-12-5(11)4-8-6(7)10(2)9-4/h3H2,1-2H3. The summed E-state index contributed by atoms with van der Waals surface area (Å²) in [7, 11) is 1.68. The van der Waals surface area contributed by atoms with E-state index in [2.05, 4.69) is 26.0 Å². The molecule has 1 heterocycles. The SMILES string of the molecule is CCOC(=O)c1nc(Br)n(C)n1. The summed E-state index contributed by atoms with van der Waals surface area (Å²) in [5.41, 5.74) is 0. The third kappa shape index (κ3) is 1.82. The number of halogens is 1. The molecule has 0 amide bonds. The van der Waals surface area contributed by atoms with Gasteiger partial charge in [0.15, 0.2) is 4.73 Å². The number of aryl methyl sites for hydroxylation is 1. The lowest BCUT2D eigenvalue weighted by atomic mass is 10.6. The van der Waals surface area contributed by atoms with E-state index in [1.165, 1.54) is 4.68 Å². The number of carbonyl (C=O) groups is 1. The van der Waals surface area contributed by atoms with Crippen LogP contribution in [-0.2, 0) is 11.8 Å². The molecule has 12 heavy (non-hydrogen) atoms. The molecule has 0 atom stereocenters. The van der Waals surface area contributed by atoms with Crippen molar-refractivity contribution >= 4 is 21.9 Å². The lowest BCUT2D eigenvalue weighted by molar-refractivity contribution is 0.0512.